The van der Waals surface area contributed by atoms with Crippen LogP contribution in [-0.2, 0) is 4.79 Å². The summed E-state index contributed by atoms with van der Waals surface area (Å²) in [6, 6.07) is 5.55. The second-order valence-electron chi connectivity index (χ2n) is 3.30. The lowest BCUT2D eigenvalue weighted by molar-refractivity contribution is -0.117. The van der Waals surface area contributed by atoms with Crippen molar-refractivity contribution in [3.8, 4) is 5.88 Å². The molecule has 1 atom stereocenters. The van der Waals surface area contributed by atoms with Gasteiger partial charge in [-0.3, -0.25) is 4.79 Å². The second kappa shape index (κ2) is 4.09. The third-order valence-corrected chi connectivity index (χ3v) is 2.25. The molecule has 4 heteroatoms. The fourth-order valence-corrected chi connectivity index (χ4v) is 1.53. The van der Waals surface area contributed by atoms with Crippen LogP contribution >= 0.6 is 0 Å². The number of hydrogen-bond donors (Lipinski definition) is 0. The zero-order valence-electron chi connectivity index (χ0n) is 7.80. The third kappa shape index (κ3) is 2.02. The first kappa shape index (κ1) is 8.99. The van der Waals surface area contributed by atoms with Gasteiger partial charge in [-0.1, -0.05) is 6.07 Å². The topological polar surface area (TPSA) is 42.4 Å². The zero-order valence-corrected chi connectivity index (χ0v) is 7.80. The summed E-state index contributed by atoms with van der Waals surface area (Å²) in [5.41, 5.74) is 0. The minimum Gasteiger partial charge on any atom is -0.472 e. The Balaban J connectivity index is 1.90. The van der Waals surface area contributed by atoms with Crippen LogP contribution in [-0.4, -0.2) is 35.5 Å². The Morgan fingerprint density at radius 2 is 2.50 bits per heavy atom. The molecule has 0 saturated carbocycles. The van der Waals surface area contributed by atoms with Crippen molar-refractivity contribution >= 4 is 6.41 Å². The fraction of sp³-hybridized carbons (Fsp3) is 0.400. The number of hydrogen-bond acceptors (Lipinski definition) is 3. The summed E-state index contributed by atoms with van der Waals surface area (Å²) in [6.45, 7) is 1.45. The van der Waals surface area contributed by atoms with Gasteiger partial charge in [-0.05, 0) is 6.07 Å². The van der Waals surface area contributed by atoms with Crippen LogP contribution in [0.1, 0.15) is 6.42 Å². The van der Waals surface area contributed by atoms with E-state index >= 15 is 0 Å². The van der Waals surface area contributed by atoms with Gasteiger partial charge in [-0.2, -0.15) is 0 Å². The lowest BCUT2D eigenvalue weighted by atomic mass is 10.3. The Morgan fingerprint density at radius 1 is 1.57 bits per heavy atom. The molecular weight excluding hydrogens is 180 g/mol. The number of amides is 1. The van der Waals surface area contributed by atoms with Gasteiger partial charge in [0.2, 0.25) is 12.3 Å². The molecule has 1 aromatic heterocycles. The maximum absolute atomic E-state index is 10.5. The summed E-state index contributed by atoms with van der Waals surface area (Å²) in [7, 11) is 0. The van der Waals surface area contributed by atoms with E-state index in [0.29, 0.717) is 12.4 Å². The molecule has 1 amide bonds. The number of ether oxygens (including phenoxy) is 1. The molecule has 1 aromatic rings. The van der Waals surface area contributed by atoms with Crippen molar-refractivity contribution < 1.29 is 9.53 Å². The Labute approximate surface area is 82.5 Å². The molecule has 1 saturated heterocycles. The molecule has 14 heavy (non-hydrogen) atoms. The SMILES string of the molecule is O=CN1CCC(Oc2ccccn2)C1. The summed E-state index contributed by atoms with van der Waals surface area (Å²) < 4.78 is 5.60. The molecule has 0 N–H and O–H groups in total. The smallest absolute Gasteiger partial charge is 0.213 e. The standard InChI is InChI=1S/C10H12N2O2/c13-8-12-6-4-9(7-12)14-10-3-1-2-5-11-10/h1-3,5,8-9H,4,6-7H2. The van der Waals surface area contributed by atoms with Gasteiger partial charge in [0.25, 0.3) is 0 Å². The Bertz CT molecular complexity index is 302. The van der Waals surface area contributed by atoms with Crippen molar-refractivity contribution in [3.05, 3.63) is 24.4 Å². The van der Waals surface area contributed by atoms with E-state index < -0.39 is 0 Å². The van der Waals surface area contributed by atoms with Crippen LogP contribution in [0.15, 0.2) is 24.4 Å². The van der Waals surface area contributed by atoms with Crippen LogP contribution in [0.2, 0.25) is 0 Å². The lowest BCUT2D eigenvalue weighted by Crippen LogP contribution is -2.23. The van der Waals surface area contributed by atoms with Crippen LogP contribution in [0.5, 0.6) is 5.88 Å². The molecule has 1 fully saturated rings. The van der Waals surface area contributed by atoms with Gasteiger partial charge in [0.05, 0.1) is 6.54 Å². The van der Waals surface area contributed by atoms with E-state index in [1.165, 1.54) is 0 Å². The van der Waals surface area contributed by atoms with Crippen molar-refractivity contribution in [1.29, 1.82) is 0 Å². The van der Waals surface area contributed by atoms with Crippen molar-refractivity contribution in [2.24, 2.45) is 0 Å². The molecule has 0 radical (unpaired) electrons. The van der Waals surface area contributed by atoms with E-state index in [4.69, 9.17) is 4.74 Å². The van der Waals surface area contributed by atoms with Crippen LogP contribution < -0.4 is 4.74 Å². The average Bonchev–Trinajstić information content (AvgIpc) is 2.67. The summed E-state index contributed by atoms with van der Waals surface area (Å²) in [4.78, 5) is 16.2. The van der Waals surface area contributed by atoms with Crippen molar-refractivity contribution in [2.75, 3.05) is 13.1 Å². The number of pyridine rings is 1. The molecule has 74 valence electrons. The van der Waals surface area contributed by atoms with E-state index in [2.05, 4.69) is 4.98 Å². The molecule has 1 unspecified atom stereocenters. The number of carbonyl (C=O) groups is 1. The minimum atomic E-state index is 0.0927. The summed E-state index contributed by atoms with van der Waals surface area (Å²) in [5.74, 6) is 0.630. The molecule has 1 aliphatic rings. The lowest BCUT2D eigenvalue weighted by Gasteiger charge is -2.12. The second-order valence-corrected chi connectivity index (χ2v) is 3.30. The van der Waals surface area contributed by atoms with Gasteiger partial charge in [-0.15, -0.1) is 0 Å². The molecule has 0 bridgehead atoms. The van der Waals surface area contributed by atoms with Crippen molar-refractivity contribution in [2.45, 2.75) is 12.5 Å². The molecule has 1 aliphatic heterocycles. The van der Waals surface area contributed by atoms with Gasteiger partial charge in [0, 0.05) is 25.2 Å². The normalized spacial score (nSPS) is 20.9. The van der Waals surface area contributed by atoms with Crippen LogP contribution in [0.3, 0.4) is 0 Å². The maximum Gasteiger partial charge on any atom is 0.213 e. The van der Waals surface area contributed by atoms with E-state index in [-0.39, 0.29) is 6.10 Å². The largest absolute Gasteiger partial charge is 0.472 e. The van der Waals surface area contributed by atoms with Gasteiger partial charge in [0.1, 0.15) is 6.10 Å². The Kier molecular flexibility index (Phi) is 2.62. The van der Waals surface area contributed by atoms with Crippen LogP contribution in [0.25, 0.3) is 0 Å². The number of likely N-dealkylation sites (tertiary alicyclic amines) is 1. The predicted molar refractivity (Wildman–Crippen MR) is 50.9 cm³/mol. The van der Waals surface area contributed by atoms with Gasteiger partial charge < -0.3 is 9.64 Å². The van der Waals surface area contributed by atoms with Crippen LogP contribution in [0, 0.1) is 0 Å². The van der Waals surface area contributed by atoms with Crippen LogP contribution in [0.4, 0.5) is 0 Å². The molecule has 0 aliphatic carbocycles. The number of nitrogens with zero attached hydrogens (tertiary/aromatic N) is 2. The molecule has 0 spiro atoms. The van der Waals surface area contributed by atoms with E-state index in [1.54, 1.807) is 11.1 Å². The monoisotopic (exact) mass is 192 g/mol. The quantitative estimate of drug-likeness (QED) is 0.662. The molecule has 4 nitrogen and oxygen atoms in total. The number of rotatable bonds is 3. The average molecular weight is 192 g/mol. The molecule has 2 rings (SSSR count). The van der Waals surface area contributed by atoms with Gasteiger partial charge in [0.15, 0.2) is 0 Å². The molecular formula is C10H12N2O2. The molecule has 2 heterocycles. The van der Waals surface area contributed by atoms with Gasteiger partial charge >= 0.3 is 0 Å². The first-order valence-corrected chi connectivity index (χ1v) is 4.65. The minimum absolute atomic E-state index is 0.0927. The van der Waals surface area contributed by atoms with Crippen molar-refractivity contribution in [3.63, 3.8) is 0 Å². The van der Waals surface area contributed by atoms with E-state index in [9.17, 15) is 4.79 Å². The first-order valence-electron chi connectivity index (χ1n) is 4.65. The first-order chi connectivity index (χ1) is 6.88. The van der Waals surface area contributed by atoms with Crippen molar-refractivity contribution in [1.82, 2.24) is 9.88 Å². The highest BCUT2D eigenvalue weighted by molar-refractivity contribution is 5.47. The Hall–Kier alpha value is -1.58. The Morgan fingerprint density at radius 3 is 3.14 bits per heavy atom. The summed E-state index contributed by atoms with van der Waals surface area (Å²) in [5, 5.41) is 0. The highest BCUT2D eigenvalue weighted by Crippen LogP contribution is 2.14. The zero-order chi connectivity index (χ0) is 9.80. The van der Waals surface area contributed by atoms with E-state index in [0.717, 1.165) is 19.4 Å². The van der Waals surface area contributed by atoms with Gasteiger partial charge in [-0.25, -0.2) is 4.98 Å². The highest BCUT2D eigenvalue weighted by Gasteiger charge is 2.22. The summed E-state index contributed by atoms with van der Waals surface area (Å²) >= 11 is 0. The highest BCUT2D eigenvalue weighted by atomic mass is 16.5. The maximum atomic E-state index is 10.5. The summed E-state index contributed by atoms with van der Waals surface area (Å²) in [6.07, 6.45) is 3.54. The third-order valence-electron chi connectivity index (χ3n) is 2.25. The fourth-order valence-electron chi connectivity index (χ4n) is 1.53. The predicted octanol–water partition coefficient (Wildman–Crippen LogP) is 0.691. The number of aromatic nitrogens is 1. The number of carbonyl (C=O) groups excluding carboxylic acids is 1. The van der Waals surface area contributed by atoms with E-state index in [1.807, 2.05) is 18.2 Å². The molecule has 0 aromatic carbocycles.